The summed E-state index contributed by atoms with van der Waals surface area (Å²) in [6, 6.07) is 5.71. The summed E-state index contributed by atoms with van der Waals surface area (Å²) in [6.45, 7) is 5.84. The molecule has 1 aromatic carbocycles. The Hall–Kier alpha value is -1.03. The van der Waals surface area contributed by atoms with Gasteiger partial charge < -0.3 is 5.32 Å². The summed E-state index contributed by atoms with van der Waals surface area (Å²) in [4.78, 5) is 0. The third-order valence-corrected chi connectivity index (χ3v) is 3.20. The Morgan fingerprint density at radius 2 is 1.67 bits per heavy atom. The van der Waals surface area contributed by atoms with Crippen molar-refractivity contribution in [1.29, 1.82) is 0 Å². The van der Waals surface area contributed by atoms with E-state index in [4.69, 9.17) is 0 Å². The Morgan fingerprint density at radius 3 is 2.17 bits per heavy atom. The summed E-state index contributed by atoms with van der Waals surface area (Å²) in [5, 5.41) is 3.25. The first-order valence-electron chi connectivity index (χ1n) is 6.32. The molecule has 1 N–H and O–H groups in total. The monoisotopic (exact) mass is 259 g/mol. The van der Waals surface area contributed by atoms with Crippen LogP contribution in [-0.2, 0) is 6.18 Å². The third-order valence-electron chi connectivity index (χ3n) is 3.20. The van der Waals surface area contributed by atoms with Crippen LogP contribution < -0.4 is 5.32 Å². The van der Waals surface area contributed by atoms with Crippen molar-refractivity contribution in [3.05, 3.63) is 35.4 Å². The van der Waals surface area contributed by atoms with Crippen LogP contribution in [0.4, 0.5) is 13.2 Å². The lowest BCUT2D eigenvalue weighted by Gasteiger charge is -2.24. The zero-order valence-corrected chi connectivity index (χ0v) is 11.0. The Balaban J connectivity index is 2.95. The molecule has 1 rings (SSSR count). The van der Waals surface area contributed by atoms with Crippen LogP contribution in [0.3, 0.4) is 0 Å². The fourth-order valence-electron chi connectivity index (χ4n) is 2.10. The first kappa shape index (κ1) is 15.0. The molecule has 0 aromatic heterocycles. The van der Waals surface area contributed by atoms with Gasteiger partial charge in [-0.3, -0.25) is 0 Å². The molecule has 1 aromatic rings. The molecule has 0 aliphatic heterocycles. The van der Waals surface area contributed by atoms with Crippen LogP contribution in [0.1, 0.15) is 50.8 Å². The number of benzene rings is 1. The number of hydrogen-bond acceptors (Lipinski definition) is 1. The van der Waals surface area contributed by atoms with Crippen molar-refractivity contribution in [3.63, 3.8) is 0 Å². The van der Waals surface area contributed by atoms with E-state index >= 15 is 0 Å². The molecular formula is C14H20F3N. The lowest BCUT2D eigenvalue weighted by Crippen LogP contribution is -2.31. The number of rotatable bonds is 5. The molecule has 0 bridgehead atoms. The van der Waals surface area contributed by atoms with Crippen LogP contribution in [0.2, 0.25) is 0 Å². The molecule has 0 saturated carbocycles. The lowest BCUT2D eigenvalue weighted by atomic mass is 9.99. The largest absolute Gasteiger partial charge is 0.416 e. The summed E-state index contributed by atoms with van der Waals surface area (Å²) in [5.41, 5.74) is -0.229. The summed E-state index contributed by atoms with van der Waals surface area (Å²) in [6.07, 6.45) is -2.47. The van der Waals surface area contributed by atoms with Crippen molar-refractivity contribution in [3.8, 4) is 0 Å². The molecule has 0 amide bonds. The van der Waals surface area contributed by atoms with Gasteiger partial charge in [0.15, 0.2) is 0 Å². The van der Waals surface area contributed by atoms with Crippen molar-refractivity contribution < 1.29 is 13.2 Å². The minimum atomic E-state index is -4.29. The number of alkyl halides is 3. The first-order chi connectivity index (χ1) is 8.40. The smallest absolute Gasteiger partial charge is 0.307 e. The summed E-state index contributed by atoms with van der Waals surface area (Å²) in [7, 11) is 0. The molecule has 0 aliphatic carbocycles. The fourth-order valence-corrected chi connectivity index (χ4v) is 2.10. The van der Waals surface area contributed by atoms with Crippen molar-refractivity contribution >= 4 is 0 Å². The normalized spacial score (nSPS) is 13.9. The van der Waals surface area contributed by atoms with Crippen LogP contribution in [0, 0.1) is 0 Å². The van der Waals surface area contributed by atoms with Gasteiger partial charge in [-0.25, -0.2) is 0 Å². The Labute approximate surface area is 106 Å². The zero-order valence-electron chi connectivity index (χ0n) is 11.0. The fraction of sp³-hybridized carbons (Fsp3) is 0.571. The maximum atomic E-state index is 12.9. The van der Waals surface area contributed by atoms with Crippen LogP contribution >= 0.6 is 0 Å². The van der Waals surface area contributed by atoms with Gasteiger partial charge in [0.05, 0.1) is 5.56 Å². The highest BCUT2D eigenvalue weighted by molar-refractivity contribution is 5.32. The molecule has 4 heteroatoms. The van der Waals surface area contributed by atoms with Gasteiger partial charge in [-0.05, 0) is 31.4 Å². The number of halogens is 3. The van der Waals surface area contributed by atoms with Crippen molar-refractivity contribution in [1.82, 2.24) is 5.32 Å². The highest BCUT2D eigenvalue weighted by atomic mass is 19.4. The molecule has 0 spiro atoms. The van der Waals surface area contributed by atoms with E-state index in [1.165, 1.54) is 6.07 Å². The average molecular weight is 259 g/mol. The van der Waals surface area contributed by atoms with E-state index in [-0.39, 0.29) is 12.1 Å². The van der Waals surface area contributed by atoms with E-state index in [2.05, 4.69) is 5.32 Å². The first-order valence-corrected chi connectivity index (χ1v) is 6.32. The van der Waals surface area contributed by atoms with Crippen molar-refractivity contribution in [2.24, 2.45) is 0 Å². The van der Waals surface area contributed by atoms with E-state index < -0.39 is 11.7 Å². The van der Waals surface area contributed by atoms with E-state index in [0.717, 1.165) is 18.9 Å². The van der Waals surface area contributed by atoms with Gasteiger partial charge >= 0.3 is 6.18 Å². The molecule has 102 valence electrons. The molecule has 0 heterocycles. The second-order valence-corrected chi connectivity index (χ2v) is 4.49. The number of nitrogens with one attached hydrogen (secondary N) is 1. The SMILES string of the molecule is CCC(CC)NC(C)c1ccccc1C(F)(F)F. The van der Waals surface area contributed by atoms with E-state index in [9.17, 15) is 13.2 Å². The predicted molar refractivity (Wildman–Crippen MR) is 67.4 cm³/mol. The molecular weight excluding hydrogens is 239 g/mol. The van der Waals surface area contributed by atoms with Crippen LogP contribution in [-0.4, -0.2) is 6.04 Å². The lowest BCUT2D eigenvalue weighted by molar-refractivity contribution is -0.138. The summed E-state index contributed by atoms with van der Waals surface area (Å²) < 4.78 is 38.6. The molecule has 1 nitrogen and oxygen atoms in total. The van der Waals surface area contributed by atoms with Gasteiger partial charge in [0.1, 0.15) is 0 Å². The van der Waals surface area contributed by atoms with Gasteiger partial charge in [0.25, 0.3) is 0 Å². The molecule has 0 radical (unpaired) electrons. The minimum Gasteiger partial charge on any atom is -0.307 e. The predicted octanol–water partition coefficient (Wildman–Crippen LogP) is 4.54. The van der Waals surface area contributed by atoms with E-state index in [1.54, 1.807) is 19.1 Å². The van der Waals surface area contributed by atoms with Gasteiger partial charge in [-0.1, -0.05) is 32.0 Å². The van der Waals surface area contributed by atoms with E-state index in [0.29, 0.717) is 5.56 Å². The second kappa shape index (κ2) is 6.23. The Bertz CT molecular complexity index is 370. The quantitative estimate of drug-likeness (QED) is 0.818. The maximum Gasteiger partial charge on any atom is 0.416 e. The van der Waals surface area contributed by atoms with Gasteiger partial charge in [0.2, 0.25) is 0 Å². The van der Waals surface area contributed by atoms with Crippen molar-refractivity contribution in [2.45, 2.75) is 51.9 Å². The number of hydrogen-bond donors (Lipinski definition) is 1. The average Bonchev–Trinajstić information content (AvgIpc) is 2.34. The Morgan fingerprint density at radius 1 is 1.11 bits per heavy atom. The van der Waals surface area contributed by atoms with Gasteiger partial charge in [-0.2, -0.15) is 13.2 Å². The molecule has 1 unspecified atom stereocenters. The van der Waals surface area contributed by atoms with Gasteiger partial charge in [0, 0.05) is 12.1 Å². The van der Waals surface area contributed by atoms with Crippen LogP contribution in [0.5, 0.6) is 0 Å². The Kier molecular flexibility index (Phi) is 5.20. The molecule has 0 saturated heterocycles. The summed E-state index contributed by atoms with van der Waals surface area (Å²) >= 11 is 0. The van der Waals surface area contributed by atoms with Gasteiger partial charge in [-0.15, -0.1) is 0 Å². The standard InChI is InChI=1S/C14H20F3N/c1-4-11(5-2)18-10(3)12-8-6-7-9-13(12)14(15,16)17/h6-11,18H,4-5H2,1-3H3. The molecule has 0 aliphatic rings. The third kappa shape index (κ3) is 3.73. The maximum absolute atomic E-state index is 12.9. The van der Waals surface area contributed by atoms with Crippen LogP contribution in [0.15, 0.2) is 24.3 Å². The van der Waals surface area contributed by atoms with Crippen LogP contribution in [0.25, 0.3) is 0 Å². The molecule has 18 heavy (non-hydrogen) atoms. The summed E-state index contributed by atoms with van der Waals surface area (Å²) in [5.74, 6) is 0. The zero-order chi connectivity index (χ0) is 13.8. The molecule has 0 fully saturated rings. The second-order valence-electron chi connectivity index (χ2n) is 4.49. The van der Waals surface area contributed by atoms with Crippen molar-refractivity contribution in [2.75, 3.05) is 0 Å². The highest BCUT2D eigenvalue weighted by Gasteiger charge is 2.34. The minimum absolute atomic E-state index is 0.251. The highest BCUT2D eigenvalue weighted by Crippen LogP contribution is 2.34. The van der Waals surface area contributed by atoms with E-state index in [1.807, 2.05) is 13.8 Å². The topological polar surface area (TPSA) is 12.0 Å². The molecule has 1 atom stereocenters.